The van der Waals surface area contributed by atoms with Crippen LogP contribution in [0.4, 0.5) is 11.4 Å². The van der Waals surface area contributed by atoms with Crippen molar-refractivity contribution in [3.63, 3.8) is 0 Å². The standard InChI is InChI=1S/C25H19BrN4O/c1-30-14-13-27-24(30)17-7-10-19(11-8-17)28-23(16-5-3-2-4-6-16)22-20-12-9-18(26)15-21(20)29-25(22)31/h2-15,28H,1H3,(H,29,31)/b23-22-. The molecule has 5 rings (SSSR count). The molecule has 0 radical (unpaired) electrons. The number of nitrogens with zero attached hydrogens (tertiary/aromatic N) is 2. The Balaban J connectivity index is 1.59. The molecule has 0 unspecified atom stereocenters. The van der Waals surface area contributed by atoms with E-state index in [2.05, 4.69) is 31.5 Å². The molecule has 1 aliphatic heterocycles. The van der Waals surface area contributed by atoms with Crippen LogP contribution in [0.5, 0.6) is 0 Å². The van der Waals surface area contributed by atoms with Crippen molar-refractivity contribution in [3.8, 4) is 11.4 Å². The third-order valence-electron chi connectivity index (χ3n) is 5.27. The Morgan fingerprint density at radius 1 is 1.03 bits per heavy atom. The van der Waals surface area contributed by atoms with Crippen LogP contribution in [0.1, 0.15) is 11.1 Å². The van der Waals surface area contributed by atoms with Crippen LogP contribution < -0.4 is 10.6 Å². The predicted octanol–water partition coefficient (Wildman–Crippen LogP) is 5.78. The largest absolute Gasteiger partial charge is 0.354 e. The molecule has 152 valence electrons. The molecule has 6 heteroatoms. The molecule has 0 saturated heterocycles. The number of hydrogen-bond donors (Lipinski definition) is 2. The summed E-state index contributed by atoms with van der Waals surface area (Å²) in [5.74, 6) is 0.784. The Morgan fingerprint density at radius 3 is 2.52 bits per heavy atom. The maximum atomic E-state index is 13.0. The van der Waals surface area contributed by atoms with Crippen molar-refractivity contribution in [1.29, 1.82) is 0 Å². The number of aryl methyl sites for hydroxylation is 1. The number of amides is 1. The van der Waals surface area contributed by atoms with E-state index in [1.165, 1.54) is 0 Å². The summed E-state index contributed by atoms with van der Waals surface area (Å²) in [6, 6.07) is 23.8. The molecule has 31 heavy (non-hydrogen) atoms. The number of rotatable bonds is 4. The Bertz CT molecular complexity index is 1310. The smallest absolute Gasteiger partial charge is 0.258 e. The lowest BCUT2D eigenvalue weighted by molar-refractivity contribution is -0.110. The van der Waals surface area contributed by atoms with Crippen molar-refractivity contribution in [2.75, 3.05) is 10.6 Å². The van der Waals surface area contributed by atoms with Gasteiger partial charge in [-0.1, -0.05) is 52.3 Å². The molecule has 1 aliphatic rings. The fraction of sp³-hybridized carbons (Fsp3) is 0.0400. The summed E-state index contributed by atoms with van der Waals surface area (Å²) in [5, 5.41) is 6.47. The van der Waals surface area contributed by atoms with Gasteiger partial charge >= 0.3 is 0 Å². The van der Waals surface area contributed by atoms with E-state index in [1.807, 2.05) is 90.6 Å². The predicted molar refractivity (Wildman–Crippen MR) is 128 cm³/mol. The maximum Gasteiger partial charge on any atom is 0.258 e. The van der Waals surface area contributed by atoms with Gasteiger partial charge in [0.15, 0.2) is 0 Å². The molecule has 1 amide bonds. The van der Waals surface area contributed by atoms with Crippen LogP contribution in [-0.4, -0.2) is 15.5 Å². The number of benzene rings is 3. The number of hydrogen-bond acceptors (Lipinski definition) is 3. The maximum absolute atomic E-state index is 13.0. The SMILES string of the molecule is Cn1ccnc1-c1ccc(N/C(=C2\C(=O)Nc3cc(Br)ccc32)c2ccccc2)cc1. The Kier molecular flexibility index (Phi) is 4.92. The molecular weight excluding hydrogens is 452 g/mol. The number of aromatic nitrogens is 2. The summed E-state index contributed by atoms with van der Waals surface area (Å²) in [6.45, 7) is 0. The van der Waals surface area contributed by atoms with Gasteiger partial charge in [-0.2, -0.15) is 0 Å². The van der Waals surface area contributed by atoms with E-state index in [1.54, 1.807) is 6.20 Å². The number of nitrogens with one attached hydrogen (secondary N) is 2. The second kappa shape index (κ2) is 7.89. The zero-order chi connectivity index (χ0) is 21.4. The van der Waals surface area contributed by atoms with Gasteiger partial charge in [0.05, 0.1) is 17.0 Å². The fourth-order valence-corrected chi connectivity index (χ4v) is 4.13. The molecular formula is C25H19BrN4O. The van der Waals surface area contributed by atoms with Gasteiger partial charge in [0.25, 0.3) is 5.91 Å². The van der Waals surface area contributed by atoms with E-state index >= 15 is 0 Å². The van der Waals surface area contributed by atoms with Crippen LogP contribution in [-0.2, 0) is 11.8 Å². The topological polar surface area (TPSA) is 59.0 Å². The highest BCUT2D eigenvalue weighted by atomic mass is 79.9. The van der Waals surface area contributed by atoms with Crippen LogP contribution in [0.2, 0.25) is 0 Å². The molecule has 2 N–H and O–H groups in total. The molecule has 5 nitrogen and oxygen atoms in total. The monoisotopic (exact) mass is 470 g/mol. The second-order valence-corrected chi connectivity index (χ2v) is 8.24. The van der Waals surface area contributed by atoms with Gasteiger partial charge in [-0.25, -0.2) is 4.98 Å². The van der Waals surface area contributed by atoms with E-state index in [0.717, 1.165) is 44.1 Å². The van der Waals surface area contributed by atoms with Gasteiger partial charge in [0.1, 0.15) is 5.82 Å². The van der Waals surface area contributed by atoms with E-state index in [4.69, 9.17) is 0 Å². The Hall–Kier alpha value is -3.64. The number of imidazole rings is 1. The summed E-state index contributed by atoms with van der Waals surface area (Å²) >= 11 is 3.48. The van der Waals surface area contributed by atoms with Crippen molar-refractivity contribution < 1.29 is 4.79 Å². The first kappa shape index (κ1) is 19.3. The average molecular weight is 471 g/mol. The minimum absolute atomic E-state index is 0.121. The van der Waals surface area contributed by atoms with Crippen molar-refractivity contribution in [1.82, 2.24) is 9.55 Å². The number of halogens is 1. The molecule has 0 aliphatic carbocycles. The van der Waals surface area contributed by atoms with Gasteiger partial charge in [-0.05, 0) is 42.0 Å². The lowest BCUT2D eigenvalue weighted by atomic mass is 10.00. The third kappa shape index (κ3) is 3.66. The molecule has 2 heterocycles. The van der Waals surface area contributed by atoms with E-state index in [-0.39, 0.29) is 5.91 Å². The van der Waals surface area contributed by atoms with Crippen molar-refractivity contribution in [3.05, 3.63) is 101 Å². The molecule has 0 saturated carbocycles. The zero-order valence-electron chi connectivity index (χ0n) is 16.8. The second-order valence-electron chi connectivity index (χ2n) is 7.32. The normalized spacial score (nSPS) is 14.2. The molecule has 3 aromatic carbocycles. The fourth-order valence-electron chi connectivity index (χ4n) is 3.77. The van der Waals surface area contributed by atoms with Crippen LogP contribution >= 0.6 is 15.9 Å². The highest BCUT2D eigenvalue weighted by Crippen LogP contribution is 2.38. The summed E-state index contributed by atoms with van der Waals surface area (Å²) in [4.78, 5) is 17.4. The summed E-state index contributed by atoms with van der Waals surface area (Å²) in [6.07, 6.45) is 3.71. The quantitative estimate of drug-likeness (QED) is 0.371. The van der Waals surface area contributed by atoms with Gasteiger partial charge in [0.2, 0.25) is 0 Å². The minimum Gasteiger partial charge on any atom is -0.354 e. The third-order valence-corrected chi connectivity index (χ3v) is 5.77. The highest BCUT2D eigenvalue weighted by molar-refractivity contribution is 9.10. The van der Waals surface area contributed by atoms with E-state index in [0.29, 0.717) is 5.57 Å². The first-order valence-electron chi connectivity index (χ1n) is 9.86. The van der Waals surface area contributed by atoms with E-state index in [9.17, 15) is 4.79 Å². The molecule has 0 spiro atoms. The number of carbonyl (C=O) groups is 1. The van der Waals surface area contributed by atoms with Gasteiger partial charge < -0.3 is 15.2 Å². The Morgan fingerprint density at radius 2 is 1.81 bits per heavy atom. The molecule has 0 fully saturated rings. The van der Waals surface area contributed by atoms with Crippen molar-refractivity contribution in [2.45, 2.75) is 0 Å². The Labute approximate surface area is 188 Å². The molecule has 1 aromatic heterocycles. The minimum atomic E-state index is -0.121. The van der Waals surface area contributed by atoms with Crippen molar-refractivity contribution >= 4 is 44.5 Å². The average Bonchev–Trinajstić information content (AvgIpc) is 3.35. The number of fused-ring (bicyclic) bond motifs is 1. The van der Waals surface area contributed by atoms with Gasteiger partial charge in [0, 0.05) is 40.7 Å². The summed E-state index contributed by atoms with van der Waals surface area (Å²) in [7, 11) is 1.97. The number of carbonyl (C=O) groups excluding carboxylic acids is 1. The van der Waals surface area contributed by atoms with Crippen LogP contribution in [0.15, 0.2) is 89.7 Å². The first-order valence-corrected chi connectivity index (χ1v) is 10.7. The van der Waals surface area contributed by atoms with Crippen LogP contribution in [0, 0.1) is 0 Å². The van der Waals surface area contributed by atoms with Crippen LogP contribution in [0.25, 0.3) is 22.7 Å². The van der Waals surface area contributed by atoms with Crippen molar-refractivity contribution in [2.24, 2.45) is 7.05 Å². The molecule has 4 aromatic rings. The summed E-state index contributed by atoms with van der Waals surface area (Å²) in [5.41, 5.74) is 5.93. The lowest BCUT2D eigenvalue weighted by Crippen LogP contribution is -2.10. The molecule has 0 bridgehead atoms. The zero-order valence-corrected chi connectivity index (χ0v) is 18.3. The van der Waals surface area contributed by atoms with E-state index < -0.39 is 0 Å². The first-order chi connectivity index (χ1) is 15.1. The highest BCUT2D eigenvalue weighted by Gasteiger charge is 2.28. The number of anilines is 2. The van der Waals surface area contributed by atoms with Gasteiger partial charge in [-0.3, -0.25) is 4.79 Å². The molecule has 0 atom stereocenters. The lowest BCUT2D eigenvalue weighted by Gasteiger charge is -2.15. The summed E-state index contributed by atoms with van der Waals surface area (Å²) < 4.78 is 2.91. The van der Waals surface area contributed by atoms with Gasteiger partial charge in [-0.15, -0.1) is 0 Å². The van der Waals surface area contributed by atoms with Crippen LogP contribution in [0.3, 0.4) is 0 Å².